The number of carbonyl (C=O) groups is 1. The van der Waals surface area contributed by atoms with Crippen molar-refractivity contribution in [2.75, 3.05) is 25.0 Å². The van der Waals surface area contributed by atoms with Crippen LogP contribution >= 0.6 is 0 Å². The third kappa shape index (κ3) is 4.54. The molecular formula is C15H26N3O3+. The van der Waals surface area contributed by atoms with Gasteiger partial charge < -0.3 is 14.2 Å². The van der Waals surface area contributed by atoms with Crippen LogP contribution in [0.2, 0.25) is 0 Å². The van der Waals surface area contributed by atoms with Crippen LogP contribution in [0.1, 0.15) is 40.3 Å². The molecule has 21 heavy (non-hydrogen) atoms. The van der Waals surface area contributed by atoms with Crippen molar-refractivity contribution >= 4 is 11.8 Å². The Morgan fingerprint density at radius 3 is 2.52 bits per heavy atom. The van der Waals surface area contributed by atoms with E-state index in [4.69, 9.17) is 9.26 Å². The van der Waals surface area contributed by atoms with Gasteiger partial charge in [-0.3, -0.25) is 10.1 Å². The van der Waals surface area contributed by atoms with Crippen LogP contribution < -0.4 is 10.2 Å². The summed E-state index contributed by atoms with van der Waals surface area (Å²) in [4.78, 5) is 13.3. The molecule has 2 atom stereocenters. The number of nitrogens with one attached hydrogen (secondary N) is 2. The Labute approximate surface area is 125 Å². The number of rotatable bonds is 3. The molecule has 0 bridgehead atoms. The highest BCUT2D eigenvalue weighted by atomic mass is 16.5. The molecule has 0 aromatic carbocycles. The van der Waals surface area contributed by atoms with E-state index in [1.807, 2.05) is 13.8 Å². The van der Waals surface area contributed by atoms with E-state index in [9.17, 15) is 4.79 Å². The number of amides is 1. The smallest absolute Gasteiger partial charge is 0.281 e. The van der Waals surface area contributed by atoms with E-state index in [2.05, 4.69) is 31.2 Å². The predicted octanol–water partition coefficient (Wildman–Crippen LogP) is 0.603. The first-order chi connectivity index (χ1) is 9.74. The SMILES string of the molecule is C[C@@H]1C[NH+](CC(=O)Nc2cc(C(C)(C)C)no2)C[C@@H](C)O1. The lowest BCUT2D eigenvalue weighted by atomic mass is 9.92. The Morgan fingerprint density at radius 2 is 2.00 bits per heavy atom. The number of quaternary nitrogens is 1. The molecule has 118 valence electrons. The number of anilines is 1. The van der Waals surface area contributed by atoms with Crippen LogP contribution in [0.3, 0.4) is 0 Å². The average Bonchev–Trinajstić information content (AvgIpc) is 2.75. The third-order valence-corrected chi connectivity index (χ3v) is 3.57. The van der Waals surface area contributed by atoms with E-state index >= 15 is 0 Å². The van der Waals surface area contributed by atoms with Gasteiger partial charge in [-0.25, -0.2) is 0 Å². The molecule has 0 radical (unpaired) electrons. The predicted molar refractivity (Wildman–Crippen MR) is 79.4 cm³/mol. The average molecular weight is 296 g/mol. The van der Waals surface area contributed by atoms with E-state index in [1.165, 1.54) is 4.90 Å². The maximum Gasteiger partial charge on any atom is 0.281 e. The van der Waals surface area contributed by atoms with Gasteiger partial charge in [0.25, 0.3) is 5.91 Å². The first kappa shape index (κ1) is 16.0. The number of hydrogen-bond acceptors (Lipinski definition) is 4. The van der Waals surface area contributed by atoms with Gasteiger partial charge in [0.05, 0.1) is 5.69 Å². The number of carbonyl (C=O) groups excluding carboxylic acids is 1. The molecule has 1 fully saturated rings. The molecular weight excluding hydrogens is 270 g/mol. The summed E-state index contributed by atoms with van der Waals surface area (Å²) in [6.07, 6.45) is 0.378. The fourth-order valence-electron chi connectivity index (χ4n) is 2.63. The van der Waals surface area contributed by atoms with Crippen molar-refractivity contribution < 1.29 is 19.0 Å². The molecule has 2 rings (SSSR count). The van der Waals surface area contributed by atoms with Crippen molar-refractivity contribution in [3.8, 4) is 0 Å². The van der Waals surface area contributed by atoms with Gasteiger partial charge in [-0.05, 0) is 13.8 Å². The summed E-state index contributed by atoms with van der Waals surface area (Å²) in [6.45, 7) is 12.4. The maximum absolute atomic E-state index is 12.1. The molecule has 1 aromatic rings. The highest BCUT2D eigenvalue weighted by Gasteiger charge is 2.27. The summed E-state index contributed by atoms with van der Waals surface area (Å²) < 4.78 is 10.9. The molecule has 2 N–H and O–H groups in total. The molecule has 1 amide bonds. The van der Waals surface area contributed by atoms with Gasteiger partial charge in [-0.1, -0.05) is 25.9 Å². The molecule has 6 nitrogen and oxygen atoms in total. The Hall–Kier alpha value is -1.40. The van der Waals surface area contributed by atoms with E-state index in [0.29, 0.717) is 12.4 Å². The van der Waals surface area contributed by atoms with Crippen LogP contribution in [-0.2, 0) is 14.9 Å². The van der Waals surface area contributed by atoms with Crippen molar-refractivity contribution in [1.82, 2.24) is 5.16 Å². The molecule has 1 aliphatic heterocycles. The van der Waals surface area contributed by atoms with Gasteiger partial charge in [0.15, 0.2) is 6.54 Å². The highest BCUT2D eigenvalue weighted by molar-refractivity contribution is 5.90. The largest absolute Gasteiger partial charge is 0.364 e. The summed E-state index contributed by atoms with van der Waals surface area (Å²) in [5.74, 6) is 0.363. The van der Waals surface area contributed by atoms with Gasteiger partial charge in [-0.15, -0.1) is 0 Å². The van der Waals surface area contributed by atoms with Crippen molar-refractivity contribution in [1.29, 1.82) is 0 Å². The van der Waals surface area contributed by atoms with Crippen LogP contribution in [0, 0.1) is 0 Å². The normalized spacial score (nSPS) is 26.6. The van der Waals surface area contributed by atoms with Crippen LogP contribution in [0.15, 0.2) is 10.6 Å². The van der Waals surface area contributed by atoms with E-state index in [1.54, 1.807) is 6.07 Å². The first-order valence-corrected chi connectivity index (χ1v) is 7.50. The van der Waals surface area contributed by atoms with E-state index < -0.39 is 0 Å². The number of aromatic nitrogens is 1. The zero-order valence-electron chi connectivity index (χ0n) is 13.5. The highest BCUT2D eigenvalue weighted by Crippen LogP contribution is 2.23. The number of hydrogen-bond donors (Lipinski definition) is 2. The van der Waals surface area contributed by atoms with Gasteiger partial charge in [0.2, 0.25) is 5.88 Å². The van der Waals surface area contributed by atoms with Gasteiger partial charge in [0, 0.05) is 11.5 Å². The maximum atomic E-state index is 12.1. The molecule has 0 saturated carbocycles. The lowest BCUT2D eigenvalue weighted by Gasteiger charge is -2.31. The second-order valence-electron chi connectivity index (χ2n) is 6.97. The summed E-state index contributed by atoms with van der Waals surface area (Å²) in [7, 11) is 0. The number of ether oxygens (including phenoxy) is 1. The molecule has 0 aliphatic carbocycles. The van der Waals surface area contributed by atoms with E-state index in [0.717, 1.165) is 18.8 Å². The standard InChI is InChI=1S/C15H25N3O3/c1-10-7-18(8-11(2)20-10)9-13(19)16-14-6-12(17-21-14)15(3,4)5/h6,10-11H,7-9H2,1-5H3,(H,16,19)/p+1/t10-,11-/m1/s1. The topological polar surface area (TPSA) is 68.8 Å². The fourth-order valence-corrected chi connectivity index (χ4v) is 2.63. The van der Waals surface area contributed by atoms with Crippen molar-refractivity contribution in [3.05, 3.63) is 11.8 Å². The first-order valence-electron chi connectivity index (χ1n) is 7.50. The van der Waals surface area contributed by atoms with Crippen molar-refractivity contribution in [2.24, 2.45) is 0 Å². The molecule has 0 unspecified atom stereocenters. The minimum Gasteiger partial charge on any atom is -0.364 e. The van der Waals surface area contributed by atoms with Crippen LogP contribution in [0.5, 0.6) is 0 Å². The molecule has 1 aromatic heterocycles. The molecule has 6 heteroatoms. The fraction of sp³-hybridized carbons (Fsp3) is 0.733. The number of nitrogens with zero attached hydrogens (tertiary/aromatic N) is 1. The molecule has 0 spiro atoms. The van der Waals surface area contributed by atoms with Crippen LogP contribution in [-0.4, -0.2) is 42.9 Å². The second-order valence-corrected chi connectivity index (χ2v) is 6.97. The molecule has 2 heterocycles. The molecule has 1 aliphatic rings. The summed E-state index contributed by atoms with van der Waals surface area (Å²) >= 11 is 0. The monoisotopic (exact) mass is 296 g/mol. The Bertz CT molecular complexity index is 483. The lowest BCUT2D eigenvalue weighted by Crippen LogP contribution is -3.16. The summed E-state index contributed by atoms with van der Waals surface area (Å²) in [5.41, 5.74) is 0.742. The number of morpholine rings is 1. The summed E-state index contributed by atoms with van der Waals surface area (Å²) in [5, 5.41) is 6.78. The van der Waals surface area contributed by atoms with Crippen LogP contribution in [0.25, 0.3) is 0 Å². The van der Waals surface area contributed by atoms with Crippen LogP contribution in [0.4, 0.5) is 5.88 Å². The van der Waals surface area contributed by atoms with Gasteiger partial charge in [0.1, 0.15) is 25.3 Å². The zero-order chi connectivity index (χ0) is 15.6. The second kappa shape index (κ2) is 6.15. The lowest BCUT2D eigenvalue weighted by molar-refractivity contribution is -0.907. The van der Waals surface area contributed by atoms with E-state index in [-0.39, 0.29) is 23.5 Å². The van der Waals surface area contributed by atoms with Crippen molar-refractivity contribution in [3.63, 3.8) is 0 Å². The molecule has 1 saturated heterocycles. The Balaban J connectivity index is 1.88. The Kier molecular flexibility index (Phi) is 4.68. The zero-order valence-corrected chi connectivity index (χ0v) is 13.5. The quantitative estimate of drug-likeness (QED) is 0.857. The van der Waals surface area contributed by atoms with Gasteiger partial charge >= 0.3 is 0 Å². The minimum atomic E-state index is -0.0905. The Morgan fingerprint density at radius 1 is 1.38 bits per heavy atom. The minimum absolute atomic E-state index is 0.0529. The van der Waals surface area contributed by atoms with Crippen molar-refractivity contribution in [2.45, 2.75) is 52.2 Å². The summed E-state index contributed by atoms with van der Waals surface area (Å²) in [6, 6.07) is 1.79. The van der Waals surface area contributed by atoms with Gasteiger partial charge in [-0.2, -0.15) is 0 Å². The third-order valence-electron chi connectivity index (χ3n) is 3.57.